The minimum atomic E-state index is -0.122. The molecular formula is C7H7NOY-2. The fraction of sp³-hybridized carbons (Fsp3) is 0.286. The summed E-state index contributed by atoms with van der Waals surface area (Å²) in [5.74, 6) is -0.122. The molecule has 0 bridgehead atoms. The van der Waals surface area contributed by atoms with E-state index < -0.39 is 0 Å². The van der Waals surface area contributed by atoms with Crippen molar-refractivity contribution >= 4 is 5.91 Å². The van der Waals surface area contributed by atoms with E-state index in [4.69, 9.17) is 6.58 Å². The second-order valence-electron chi connectivity index (χ2n) is 1.76. The number of carbonyl (C=O) groups excluding carboxylic acids is 1. The molecule has 2 nitrogen and oxygen atoms in total. The first kappa shape index (κ1) is 10.1. The maximum Gasteiger partial charge on any atom is 0.0529 e. The first-order chi connectivity index (χ1) is 4.34. The Balaban J connectivity index is 0.000000810. The molecule has 0 aromatic rings. The van der Waals surface area contributed by atoms with Crippen molar-refractivity contribution < 1.29 is 37.5 Å². The molecule has 0 aromatic heterocycles. The van der Waals surface area contributed by atoms with Gasteiger partial charge in [0.1, 0.15) is 0 Å². The van der Waals surface area contributed by atoms with Gasteiger partial charge in [0.2, 0.25) is 0 Å². The van der Waals surface area contributed by atoms with E-state index >= 15 is 0 Å². The Morgan fingerprint density at radius 2 is 2.40 bits per heavy atom. The smallest absolute Gasteiger partial charge is 0.0529 e. The molecule has 1 aliphatic heterocycles. The topological polar surface area (TPSA) is 29.1 Å². The van der Waals surface area contributed by atoms with Crippen LogP contribution in [0, 0.1) is 12.7 Å². The quantitative estimate of drug-likeness (QED) is 0.616. The van der Waals surface area contributed by atoms with Gasteiger partial charge in [-0.25, -0.2) is 0 Å². The number of rotatable bonds is 1. The summed E-state index contributed by atoms with van der Waals surface area (Å²) in [4.78, 5) is 10.7. The zero-order chi connectivity index (χ0) is 6.69. The van der Waals surface area contributed by atoms with Gasteiger partial charge in [0.05, 0.1) is 5.91 Å². The van der Waals surface area contributed by atoms with Crippen molar-refractivity contribution in [3.05, 3.63) is 24.3 Å². The SMILES string of the molecule is [CH-]=CC1=[C-]CCNC1=O.[Y]. The number of nitrogens with one attached hydrogen (secondary N) is 1. The molecule has 0 fully saturated rings. The van der Waals surface area contributed by atoms with Crippen LogP contribution in [0.4, 0.5) is 0 Å². The van der Waals surface area contributed by atoms with Gasteiger partial charge in [-0.1, -0.05) is 6.42 Å². The Morgan fingerprint density at radius 1 is 1.70 bits per heavy atom. The van der Waals surface area contributed by atoms with Gasteiger partial charge in [-0.2, -0.15) is 0 Å². The van der Waals surface area contributed by atoms with Crippen LogP contribution in [0.5, 0.6) is 0 Å². The Morgan fingerprint density at radius 3 is 2.80 bits per heavy atom. The molecular weight excluding hydrogens is 203 g/mol. The van der Waals surface area contributed by atoms with E-state index in [-0.39, 0.29) is 38.6 Å². The van der Waals surface area contributed by atoms with Gasteiger partial charge < -0.3 is 22.8 Å². The van der Waals surface area contributed by atoms with Crippen molar-refractivity contribution in [1.29, 1.82) is 0 Å². The average Bonchev–Trinajstić information content (AvgIpc) is 1.89. The third-order valence-electron chi connectivity index (χ3n) is 1.14. The summed E-state index contributed by atoms with van der Waals surface area (Å²) >= 11 is 0. The molecule has 0 aromatic carbocycles. The van der Waals surface area contributed by atoms with Crippen molar-refractivity contribution in [2.75, 3.05) is 6.54 Å². The van der Waals surface area contributed by atoms with Crippen molar-refractivity contribution in [3.63, 3.8) is 0 Å². The predicted octanol–water partition coefficient (Wildman–Crippen LogP) is 0.223. The zero-order valence-corrected chi connectivity index (χ0v) is 8.39. The van der Waals surface area contributed by atoms with Crippen LogP contribution in [0.1, 0.15) is 6.42 Å². The fourth-order valence-corrected chi connectivity index (χ4v) is 0.683. The molecule has 1 heterocycles. The van der Waals surface area contributed by atoms with Crippen molar-refractivity contribution in [2.45, 2.75) is 6.42 Å². The van der Waals surface area contributed by atoms with E-state index in [0.717, 1.165) is 6.42 Å². The minimum Gasteiger partial charge on any atom is -0.420 e. The van der Waals surface area contributed by atoms with Gasteiger partial charge in [-0.3, -0.25) is 11.6 Å². The summed E-state index contributed by atoms with van der Waals surface area (Å²) in [6.45, 7) is 5.79. The van der Waals surface area contributed by atoms with Crippen molar-refractivity contribution in [1.82, 2.24) is 5.32 Å². The van der Waals surface area contributed by atoms with Crippen LogP contribution >= 0.6 is 0 Å². The molecule has 0 aliphatic carbocycles. The van der Waals surface area contributed by atoms with E-state index in [2.05, 4.69) is 11.4 Å². The van der Waals surface area contributed by atoms with Crippen LogP contribution in [-0.4, -0.2) is 12.5 Å². The molecule has 0 spiro atoms. The summed E-state index contributed by atoms with van der Waals surface area (Å²) in [5.41, 5.74) is 0.459. The van der Waals surface area contributed by atoms with Gasteiger partial charge in [-0.05, 0) is 6.54 Å². The average molecular weight is 210 g/mol. The molecule has 0 unspecified atom stereocenters. The molecule has 1 radical (unpaired) electrons. The largest absolute Gasteiger partial charge is 0.420 e. The summed E-state index contributed by atoms with van der Waals surface area (Å²) < 4.78 is 0. The summed E-state index contributed by atoms with van der Waals surface area (Å²) in [6.07, 6.45) is 4.87. The standard InChI is InChI=1S/C7H7NO.Y/c1-2-6-4-3-5-8-7(6)9;/h1-2H,3,5H2,(H,8,9);/q-2;. The molecule has 1 aliphatic rings. The van der Waals surface area contributed by atoms with Gasteiger partial charge >= 0.3 is 0 Å². The number of hydrogen-bond donors (Lipinski definition) is 1. The molecule has 0 saturated heterocycles. The van der Waals surface area contributed by atoms with E-state index in [1.54, 1.807) is 0 Å². The molecule has 0 saturated carbocycles. The second kappa shape index (κ2) is 4.81. The zero-order valence-electron chi connectivity index (χ0n) is 5.55. The van der Waals surface area contributed by atoms with Crippen LogP contribution in [0.15, 0.2) is 11.6 Å². The normalized spacial score (nSPS) is 16.4. The third-order valence-corrected chi connectivity index (χ3v) is 1.14. The van der Waals surface area contributed by atoms with Gasteiger partial charge in [0, 0.05) is 32.7 Å². The van der Waals surface area contributed by atoms with Gasteiger partial charge in [-0.15, -0.1) is 0 Å². The first-order valence-corrected chi connectivity index (χ1v) is 2.78. The summed E-state index contributed by atoms with van der Waals surface area (Å²) in [7, 11) is 0. The first-order valence-electron chi connectivity index (χ1n) is 2.78. The van der Waals surface area contributed by atoms with Crippen LogP contribution < -0.4 is 5.32 Å². The van der Waals surface area contributed by atoms with E-state index in [0.29, 0.717) is 12.1 Å². The molecule has 1 amide bonds. The van der Waals surface area contributed by atoms with Crippen LogP contribution in [0.2, 0.25) is 0 Å². The second-order valence-corrected chi connectivity index (χ2v) is 1.76. The van der Waals surface area contributed by atoms with Crippen LogP contribution in [0.3, 0.4) is 0 Å². The van der Waals surface area contributed by atoms with E-state index in [1.165, 1.54) is 6.08 Å². The fourth-order valence-electron chi connectivity index (χ4n) is 0.683. The summed E-state index contributed by atoms with van der Waals surface area (Å²) in [5, 5.41) is 2.63. The van der Waals surface area contributed by atoms with Gasteiger partial charge in [0.15, 0.2) is 0 Å². The molecule has 10 heavy (non-hydrogen) atoms. The molecule has 0 atom stereocenters. The Labute approximate surface area is 85.6 Å². The number of hydrogen-bond acceptors (Lipinski definition) is 1. The Bertz CT molecular complexity index is 174. The Kier molecular flexibility index (Phi) is 4.83. The monoisotopic (exact) mass is 210 g/mol. The Hall–Kier alpha value is 0.0539. The number of carbonyl (C=O) groups is 1. The molecule has 1 N–H and O–H groups in total. The summed E-state index contributed by atoms with van der Waals surface area (Å²) in [6, 6.07) is 0. The van der Waals surface area contributed by atoms with Crippen molar-refractivity contribution in [2.24, 2.45) is 0 Å². The molecule has 3 heteroatoms. The van der Waals surface area contributed by atoms with Crippen molar-refractivity contribution in [3.8, 4) is 0 Å². The van der Waals surface area contributed by atoms with Crippen LogP contribution in [0.25, 0.3) is 0 Å². The van der Waals surface area contributed by atoms with Crippen LogP contribution in [-0.2, 0) is 37.5 Å². The number of amides is 1. The third kappa shape index (κ3) is 2.35. The minimum absolute atomic E-state index is 0. The van der Waals surface area contributed by atoms with Gasteiger partial charge in [0.25, 0.3) is 0 Å². The maximum atomic E-state index is 10.7. The predicted molar refractivity (Wildman–Crippen MR) is 33.3 cm³/mol. The molecule has 51 valence electrons. The molecule has 1 rings (SSSR count). The van der Waals surface area contributed by atoms with E-state index in [1.807, 2.05) is 0 Å². The van der Waals surface area contributed by atoms with E-state index in [9.17, 15) is 4.79 Å². The maximum absolute atomic E-state index is 10.7.